The third kappa shape index (κ3) is 3.85. The largest absolute Gasteiger partial charge is 0.416 e. The van der Waals surface area contributed by atoms with Gasteiger partial charge in [0.2, 0.25) is 0 Å². The predicted molar refractivity (Wildman–Crippen MR) is 75.3 cm³/mol. The van der Waals surface area contributed by atoms with E-state index < -0.39 is 11.7 Å². The van der Waals surface area contributed by atoms with Crippen molar-refractivity contribution >= 4 is 0 Å². The zero-order chi connectivity index (χ0) is 15.6. The van der Waals surface area contributed by atoms with Crippen LogP contribution in [0.5, 0.6) is 0 Å². The third-order valence-electron chi connectivity index (χ3n) is 3.08. The van der Waals surface area contributed by atoms with Gasteiger partial charge in [0, 0.05) is 18.8 Å². The van der Waals surface area contributed by atoms with Gasteiger partial charge >= 0.3 is 6.18 Å². The highest BCUT2D eigenvalue weighted by Crippen LogP contribution is 2.33. The van der Waals surface area contributed by atoms with Crippen LogP contribution < -0.4 is 5.32 Å². The molecule has 114 valence electrons. The molecule has 0 atom stereocenters. The fourth-order valence-corrected chi connectivity index (χ4v) is 1.99. The lowest BCUT2D eigenvalue weighted by molar-refractivity contribution is -0.138. The lowest BCUT2D eigenvalue weighted by atomic mass is 10.1. The number of aromatic nitrogens is 2. The predicted octanol–water partition coefficient (Wildman–Crippen LogP) is 3.70. The highest BCUT2D eigenvalue weighted by Gasteiger charge is 2.33. The molecule has 0 saturated heterocycles. The number of hydrogen-bond acceptors (Lipinski definition) is 2. The smallest absolute Gasteiger partial charge is 0.310 e. The van der Waals surface area contributed by atoms with E-state index in [-0.39, 0.29) is 18.2 Å². The first-order valence-electron chi connectivity index (χ1n) is 6.72. The molecule has 0 aliphatic rings. The molecule has 1 aromatic carbocycles. The van der Waals surface area contributed by atoms with E-state index in [1.807, 2.05) is 20.8 Å². The Hall–Kier alpha value is -1.82. The highest BCUT2D eigenvalue weighted by atomic mass is 19.4. The number of nitrogens with zero attached hydrogens (tertiary/aromatic N) is 2. The van der Waals surface area contributed by atoms with Crippen LogP contribution in [0.15, 0.2) is 30.6 Å². The maximum Gasteiger partial charge on any atom is 0.416 e. The van der Waals surface area contributed by atoms with E-state index in [1.54, 1.807) is 18.5 Å². The summed E-state index contributed by atoms with van der Waals surface area (Å²) >= 11 is 0. The van der Waals surface area contributed by atoms with Gasteiger partial charge in [-0.1, -0.05) is 19.9 Å². The quantitative estimate of drug-likeness (QED) is 0.932. The molecule has 1 heterocycles. The van der Waals surface area contributed by atoms with Crippen molar-refractivity contribution in [3.8, 4) is 5.69 Å². The van der Waals surface area contributed by atoms with Gasteiger partial charge in [-0.15, -0.1) is 0 Å². The Bertz CT molecular complexity index is 615. The Kier molecular flexibility index (Phi) is 4.37. The molecular formula is C15H18F3N3. The highest BCUT2D eigenvalue weighted by molar-refractivity contribution is 5.42. The molecule has 0 fully saturated rings. The summed E-state index contributed by atoms with van der Waals surface area (Å²) in [5.41, 5.74) is 0.919. The molecule has 0 aliphatic heterocycles. The van der Waals surface area contributed by atoms with E-state index in [1.165, 1.54) is 10.7 Å². The molecule has 21 heavy (non-hydrogen) atoms. The second-order valence-corrected chi connectivity index (χ2v) is 5.34. The Labute approximate surface area is 121 Å². The van der Waals surface area contributed by atoms with Gasteiger partial charge in [-0.25, -0.2) is 4.68 Å². The molecule has 0 saturated carbocycles. The first kappa shape index (κ1) is 15.6. The minimum absolute atomic E-state index is 0.125. The fourth-order valence-electron chi connectivity index (χ4n) is 1.99. The second kappa shape index (κ2) is 5.89. The average molecular weight is 297 g/mol. The number of hydrogen-bond donors (Lipinski definition) is 1. The van der Waals surface area contributed by atoms with Gasteiger partial charge < -0.3 is 5.32 Å². The monoisotopic (exact) mass is 297 g/mol. The lowest BCUT2D eigenvalue weighted by Gasteiger charge is -2.16. The van der Waals surface area contributed by atoms with Crippen molar-refractivity contribution in [3.05, 3.63) is 47.3 Å². The summed E-state index contributed by atoms with van der Waals surface area (Å²) in [6.45, 7) is 5.82. The molecule has 1 aromatic heterocycles. The SMILES string of the molecule is Cc1cnn(-c2ccc(CNC(C)C)c(C(F)(F)F)c2)c1. The summed E-state index contributed by atoms with van der Waals surface area (Å²) < 4.78 is 41.1. The van der Waals surface area contributed by atoms with Crippen molar-refractivity contribution in [2.45, 2.75) is 39.5 Å². The number of alkyl halides is 3. The van der Waals surface area contributed by atoms with Gasteiger partial charge in [-0.05, 0) is 30.2 Å². The number of benzene rings is 1. The third-order valence-corrected chi connectivity index (χ3v) is 3.08. The van der Waals surface area contributed by atoms with E-state index in [2.05, 4.69) is 10.4 Å². The van der Waals surface area contributed by atoms with Gasteiger partial charge in [-0.3, -0.25) is 0 Å². The molecule has 1 N–H and O–H groups in total. The molecule has 0 amide bonds. The first-order valence-corrected chi connectivity index (χ1v) is 6.72. The van der Waals surface area contributed by atoms with E-state index in [9.17, 15) is 13.2 Å². The number of halogens is 3. The van der Waals surface area contributed by atoms with Crippen molar-refractivity contribution in [2.75, 3.05) is 0 Å². The molecule has 6 heteroatoms. The van der Waals surface area contributed by atoms with Gasteiger partial charge in [0.25, 0.3) is 0 Å². The Morgan fingerprint density at radius 2 is 2.00 bits per heavy atom. The van der Waals surface area contributed by atoms with Crippen LogP contribution in [0, 0.1) is 6.92 Å². The first-order chi connectivity index (χ1) is 9.77. The van der Waals surface area contributed by atoms with E-state index in [4.69, 9.17) is 0 Å². The zero-order valence-electron chi connectivity index (χ0n) is 12.2. The summed E-state index contributed by atoms with van der Waals surface area (Å²) in [4.78, 5) is 0. The van der Waals surface area contributed by atoms with Crippen molar-refractivity contribution in [1.82, 2.24) is 15.1 Å². The molecule has 3 nitrogen and oxygen atoms in total. The molecule has 0 unspecified atom stereocenters. The Morgan fingerprint density at radius 1 is 1.29 bits per heavy atom. The van der Waals surface area contributed by atoms with Crippen LogP contribution in [0.2, 0.25) is 0 Å². The summed E-state index contributed by atoms with van der Waals surface area (Å²) in [5, 5.41) is 7.06. The number of aryl methyl sites for hydroxylation is 1. The topological polar surface area (TPSA) is 29.9 Å². The van der Waals surface area contributed by atoms with Crippen molar-refractivity contribution in [3.63, 3.8) is 0 Å². The molecule has 2 rings (SSSR count). The minimum Gasteiger partial charge on any atom is -0.310 e. The molecular weight excluding hydrogens is 279 g/mol. The van der Waals surface area contributed by atoms with Crippen molar-refractivity contribution in [1.29, 1.82) is 0 Å². The number of nitrogens with one attached hydrogen (secondary N) is 1. The van der Waals surface area contributed by atoms with E-state index in [0.29, 0.717) is 5.69 Å². The van der Waals surface area contributed by atoms with Crippen LogP contribution in [0.1, 0.15) is 30.5 Å². The minimum atomic E-state index is -4.38. The van der Waals surface area contributed by atoms with Crippen LogP contribution in [0.3, 0.4) is 0 Å². The normalized spacial score (nSPS) is 12.1. The lowest BCUT2D eigenvalue weighted by Crippen LogP contribution is -2.24. The van der Waals surface area contributed by atoms with Crippen molar-refractivity contribution in [2.24, 2.45) is 0 Å². The second-order valence-electron chi connectivity index (χ2n) is 5.34. The van der Waals surface area contributed by atoms with Crippen LogP contribution in [0.25, 0.3) is 5.69 Å². The fraction of sp³-hybridized carbons (Fsp3) is 0.400. The summed E-state index contributed by atoms with van der Waals surface area (Å²) in [6, 6.07) is 4.42. The summed E-state index contributed by atoms with van der Waals surface area (Å²) in [7, 11) is 0. The maximum atomic E-state index is 13.2. The Balaban J connectivity index is 2.40. The van der Waals surface area contributed by atoms with Gasteiger partial charge in [0.15, 0.2) is 0 Å². The van der Waals surface area contributed by atoms with Gasteiger partial charge in [0.1, 0.15) is 0 Å². The summed E-state index contributed by atoms with van der Waals surface area (Å²) in [5.74, 6) is 0. The van der Waals surface area contributed by atoms with Crippen LogP contribution in [-0.2, 0) is 12.7 Å². The summed E-state index contributed by atoms with van der Waals surface area (Å²) in [6.07, 6.45) is -1.07. The maximum absolute atomic E-state index is 13.2. The standard InChI is InChI=1S/C15H18F3N3/c1-10(2)19-8-12-4-5-13(6-14(12)15(16,17)18)21-9-11(3)7-20-21/h4-7,9-10,19H,8H2,1-3H3. The van der Waals surface area contributed by atoms with Crippen LogP contribution in [0.4, 0.5) is 13.2 Å². The van der Waals surface area contributed by atoms with Gasteiger partial charge in [0.05, 0.1) is 17.4 Å². The molecule has 0 aliphatic carbocycles. The van der Waals surface area contributed by atoms with E-state index >= 15 is 0 Å². The molecule has 0 spiro atoms. The molecule has 0 radical (unpaired) electrons. The van der Waals surface area contributed by atoms with Crippen LogP contribution in [-0.4, -0.2) is 15.8 Å². The Morgan fingerprint density at radius 3 is 2.52 bits per heavy atom. The van der Waals surface area contributed by atoms with Gasteiger partial charge in [-0.2, -0.15) is 18.3 Å². The van der Waals surface area contributed by atoms with Crippen molar-refractivity contribution < 1.29 is 13.2 Å². The molecule has 0 bridgehead atoms. The zero-order valence-corrected chi connectivity index (χ0v) is 12.2. The number of rotatable bonds is 4. The van der Waals surface area contributed by atoms with Crippen LogP contribution >= 0.6 is 0 Å². The molecule has 2 aromatic rings. The average Bonchev–Trinajstić information content (AvgIpc) is 2.81. The van der Waals surface area contributed by atoms with E-state index in [0.717, 1.165) is 11.6 Å².